The molecule has 108 valence electrons. The van der Waals surface area contributed by atoms with Gasteiger partial charge in [-0.3, -0.25) is 4.72 Å². The monoisotopic (exact) mass is 298 g/mol. The highest BCUT2D eigenvalue weighted by atomic mass is 32.2. The summed E-state index contributed by atoms with van der Waals surface area (Å²) in [6.45, 7) is 3.72. The Morgan fingerprint density at radius 1 is 1.35 bits per heavy atom. The second kappa shape index (κ2) is 5.12. The van der Waals surface area contributed by atoms with Crippen LogP contribution in [0, 0.1) is 5.82 Å². The predicted molar refractivity (Wildman–Crippen MR) is 74.2 cm³/mol. The Bertz CT molecular complexity index is 725. The maximum Gasteiger partial charge on any atom is 0.265 e. The molecule has 1 aromatic heterocycles. The quantitative estimate of drug-likeness (QED) is 0.845. The number of para-hydroxylation sites is 1. The van der Waals surface area contributed by atoms with E-state index in [1.807, 2.05) is 13.8 Å². The maximum absolute atomic E-state index is 13.4. The largest absolute Gasteiger partial charge is 0.395 e. The number of nitrogen functional groups attached to an aromatic ring is 1. The second-order valence-electron chi connectivity index (χ2n) is 4.51. The summed E-state index contributed by atoms with van der Waals surface area (Å²) in [7, 11) is -3.97. The number of aromatic nitrogens is 2. The van der Waals surface area contributed by atoms with Crippen molar-refractivity contribution in [2.75, 3.05) is 10.5 Å². The van der Waals surface area contributed by atoms with Gasteiger partial charge in [-0.25, -0.2) is 17.5 Å². The van der Waals surface area contributed by atoms with Crippen molar-refractivity contribution in [3.8, 4) is 0 Å². The molecule has 0 fully saturated rings. The fraction of sp³-hybridized carbons (Fsp3) is 0.250. The molecule has 0 spiro atoms. The Hall–Kier alpha value is -2.09. The van der Waals surface area contributed by atoms with Crippen LogP contribution in [0.1, 0.15) is 19.9 Å². The molecule has 1 aromatic carbocycles. The summed E-state index contributed by atoms with van der Waals surface area (Å²) in [5.74, 6) is -0.478. The summed E-state index contributed by atoms with van der Waals surface area (Å²) in [5, 5.41) is 4.02. The molecule has 8 heteroatoms. The van der Waals surface area contributed by atoms with Gasteiger partial charge in [-0.1, -0.05) is 6.07 Å². The van der Waals surface area contributed by atoms with Crippen LogP contribution in [0.25, 0.3) is 0 Å². The number of hydrogen-bond donors (Lipinski definition) is 2. The number of rotatable bonds is 4. The summed E-state index contributed by atoms with van der Waals surface area (Å²) in [6.07, 6.45) is 1.48. The number of nitrogens with two attached hydrogens (primary N) is 1. The Balaban J connectivity index is 2.41. The van der Waals surface area contributed by atoms with Crippen LogP contribution in [0.5, 0.6) is 0 Å². The zero-order valence-electron chi connectivity index (χ0n) is 11.0. The molecule has 0 aliphatic heterocycles. The minimum Gasteiger partial charge on any atom is -0.395 e. The zero-order valence-corrected chi connectivity index (χ0v) is 11.9. The van der Waals surface area contributed by atoms with Crippen molar-refractivity contribution in [3.63, 3.8) is 0 Å². The molecule has 0 amide bonds. The van der Waals surface area contributed by atoms with Gasteiger partial charge in [-0.15, -0.1) is 0 Å². The van der Waals surface area contributed by atoms with Gasteiger partial charge in [0.25, 0.3) is 10.0 Å². The first-order valence-corrected chi connectivity index (χ1v) is 7.41. The molecule has 2 aromatic rings. The normalized spacial score (nSPS) is 11.8. The van der Waals surface area contributed by atoms with Gasteiger partial charge >= 0.3 is 0 Å². The van der Waals surface area contributed by atoms with E-state index in [-0.39, 0.29) is 10.9 Å². The summed E-state index contributed by atoms with van der Waals surface area (Å²) in [4.78, 5) is -0.297. The van der Waals surface area contributed by atoms with Crippen LogP contribution in [0.3, 0.4) is 0 Å². The van der Waals surface area contributed by atoms with Crippen LogP contribution in [0.15, 0.2) is 35.4 Å². The van der Waals surface area contributed by atoms with Crippen molar-refractivity contribution in [2.24, 2.45) is 0 Å². The van der Waals surface area contributed by atoms with E-state index >= 15 is 0 Å². The van der Waals surface area contributed by atoms with Crippen molar-refractivity contribution in [2.45, 2.75) is 24.8 Å². The average Bonchev–Trinajstić information content (AvgIpc) is 2.79. The molecule has 20 heavy (non-hydrogen) atoms. The SMILES string of the molecule is CC(C)n1nccc1NS(=O)(=O)c1cccc(F)c1N. The maximum atomic E-state index is 13.4. The first-order valence-electron chi connectivity index (χ1n) is 5.93. The molecule has 0 bridgehead atoms. The lowest BCUT2D eigenvalue weighted by Gasteiger charge is -2.14. The number of hydrogen-bond acceptors (Lipinski definition) is 4. The van der Waals surface area contributed by atoms with E-state index in [2.05, 4.69) is 9.82 Å². The van der Waals surface area contributed by atoms with Gasteiger partial charge < -0.3 is 5.73 Å². The van der Waals surface area contributed by atoms with Gasteiger partial charge in [0.2, 0.25) is 0 Å². The Morgan fingerprint density at radius 3 is 2.70 bits per heavy atom. The van der Waals surface area contributed by atoms with Gasteiger partial charge in [0, 0.05) is 12.1 Å². The van der Waals surface area contributed by atoms with E-state index in [9.17, 15) is 12.8 Å². The molecule has 0 radical (unpaired) electrons. The number of benzene rings is 1. The highest BCUT2D eigenvalue weighted by molar-refractivity contribution is 7.92. The molecule has 0 saturated carbocycles. The molecule has 6 nitrogen and oxygen atoms in total. The minimum atomic E-state index is -3.97. The number of sulfonamides is 1. The fourth-order valence-corrected chi connectivity index (χ4v) is 2.94. The second-order valence-corrected chi connectivity index (χ2v) is 6.16. The van der Waals surface area contributed by atoms with Crippen molar-refractivity contribution >= 4 is 21.5 Å². The van der Waals surface area contributed by atoms with Crippen LogP contribution in [-0.4, -0.2) is 18.2 Å². The van der Waals surface area contributed by atoms with Crippen LogP contribution < -0.4 is 10.5 Å². The van der Waals surface area contributed by atoms with Gasteiger partial charge in [-0.05, 0) is 26.0 Å². The molecular weight excluding hydrogens is 283 g/mol. The van der Waals surface area contributed by atoms with E-state index in [1.165, 1.54) is 29.1 Å². The lowest BCUT2D eigenvalue weighted by Crippen LogP contribution is -2.18. The molecule has 3 N–H and O–H groups in total. The van der Waals surface area contributed by atoms with E-state index in [1.54, 1.807) is 0 Å². The zero-order chi connectivity index (χ0) is 14.9. The number of nitrogens with one attached hydrogen (secondary N) is 1. The van der Waals surface area contributed by atoms with Crippen molar-refractivity contribution in [1.29, 1.82) is 0 Å². The fourth-order valence-electron chi connectivity index (χ4n) is 1.75. The third-order valence-corrected chi connectivity index (χ3v) is 4.11. The number of anilines is 2. The standard InChI is InChI=1S/C12H15FN4O2S/c1-8(2)17-11(6-7-15-17)16-20(18,19)10-5-3-4-9(13)12(10)14/h3-8,16H,14H2,1-2H3. The van der Waals surface area contributed by atoms with Gasteiger partial charge in [0.05, 0.1) is 11.9 Å². The Labute approximate surface area is 116 Å². The Kier molecular flexibility index (Phi) is 3.67. The van der Waals surface area contributed by atoms with E-state index in [0.717, 1.165) is 6.07 Å². The lowest BCUT2D eigenvalue weighted by atomic mass is 10.3. The molecule has 0 aliphatic carbocycles. The van der Waals surface area contributed by atoms with E-state index in [0.29, 0.717) is 5.82 Å². The topological polar surface area (TPSA) is 90.0 Å². The van der Waals surface area contributed by atoms with Crippen molar-refractivity contribution in [1.82, 2.24) is 9.78 Å². The van der Waals surface area contributed by atoms with Crippen molar-refractivity contribution < 1.29 is 12.8 Å². The summed E-state index contributed by atoms with van der Waals surface area (Å²) < 4.78 is 41.7. The van der Waals surface area contributed by atoms with Crippen LogP contribution >= 0.6 is 0 Å². The lowest BCUT2D eigenvalue weighted by molar-refractivity contribution is 0.539. The summed E-state index contributed by atoms with van der Waals surface area (Å²) >= 11 is 0. The number of halogens is 1. The minimum absolute atomic E-state index is 0.0208. The van der Waals surface area contributed by atoms with Crippen LogP contribution in [-0.2, 0) is 10.0 Å². The summed E-state index contributed by atoms with van der Waals surface area (Å²) in [6, 6.07) is 5.14. The molecule has 1 heterocycles. The third kappa shape index (κ3) is 2.60. The van der Waals surface area contributed by atoms with Gasteiger partial charge in [0.1, 0.15) is 16.5 Å². The molecule has 0 unspecified atom stereocenters. The molecule has 0 atom stereocenters. The van der Waals surface area contributed by atoms with Gasteiger partial charge in [-0.2, -0.15) is 5.10 Å². The van der Waals surface area contributed by atoms with E-state index < -0.39 is 21.5 Å². The van der Waals surface area contributed by atoms with Crippen LogP contribution in [0.2, 0.25) is 0 Å². The molecule has 0 aliphatic rings. The first-order chi connectivity index (χ1) is 9.33. The first kappa shape index (κ1) is 14.3. The highest BCUT2D eigenvalue weighted by Gasteiger charge is 2.21. The number of nitrogens with zero attached hydrogens (tertiary/aromatic N) is 2. The smallest absolute Gasteiger partial charge is 0.265 e. The molecule has 2 rings (SSSR count). The van der Waals surface area contributed by atoms with E-state index in [4.69, 9.17) is 5.73 Å². The average molecular weight is 298 g/mol. The third-order valence-electron chi connectivity index (χ3n) is 2.70. The van der Waals surface area contributed by atoms with Crippen LogP contribution in [0.4, 0.5) is 15.9 Å². The van der Waals surface area contributed by atoms with Gasteiger partial charge in [0.15, 0.2) is 0 Å². The highest BCUT2D eigenvalue weighted by Crippen LogP contribution is 2.24. The molecule has 0 saturated heterocycles. The molecular formula is C12H15FN4O2S. The van der Waals surface area contributed by atoms with Crippen molar-refractivity contribution in [3.05, 3.63) is 36.3 Å². The Morgan fingerprint density at radius 2 is 2.05 bits per heavy atom. The predicted octanol–water partition coefficient (Wildman–Crippen LogP) is 1.99. The summed E-state index contributed by atoms with van der Waals surface area (Å²) in [5.41, 5.74) is 5.07.